The smallest absolute Gasteiger partial charge is 0.410 e. The molecule has 0 unspecified atom stereocenters. The number of unbranched alkanes of at least 4 members (excludes halogenated alkanes) is 2. The number of hydrogen-bond acceptors (Lipinski definition) is 6. The molecule has 2 rings (SSSR count). The van der Waals surface area contributed by atoms with Crippen molar-refractivity contribution in [2.75, 3.05) is 13.1 Å². The summed E-state index contributed by atoms with van der Waals surface area (Å²) in [7, 11) is 0. The summed E-state index contributed by atoms with van der Waals surface area (Å²) in [6.45, 7) is 4.33. The Hall–Kier alpha value is -2.90. The van der Waals surface area contributed by atoms with E-state index in [-0.39, 0.29) is 24.4 Å². The lowest BCUT2D eigenvalue weighted by molar-refractivity contribution is -0.385. The molecule has 0 spiro atoms. The summed E-state index contributed by atoms with van der Waals surface area (Å²) >= 11 is 0. The second-order valence-corrected chi connectivity index (χ2v) is 6.65. The number of nitrogens with zero attached hydrogens (tertiary/aromatic N) is 2. The average Bonchev–Trinajstić information content (AvgIpc) is 2.70. The zero-order valence-electron chi connectivity index (χ0n) is 15.9. The van der Waals surface area contributed by atoms with Gasteiger partial charge >= 0.3 is 12.1 Å². The predicted octanol–water partition coefficient (Wildman–Crippen LogP) is 3.99. The molecule has 0 bridgehead atoms. The van der Waals surface area contributed by atoms with Crippen molar-refractivity contribution in [2.24, 2.45) is 0 Å². The van der Waals surface area contributed by atoms with Gasteiger partial charge in [0.1, 0.15) is 12.7 Å². The van der Waals surface area contributed by atoms with Gasteiger partial charge in [-0.15, -0.1) is 6.58 Å². The fourth-order valence-corrected chi connectivity index (χ4v) is 3.00. The van der Waals surface area contributed by atoms with Crippen molar-refractivity contribution in [3.8, 4) is 0 Å². The zero-order valence-corrected chi connectivity index (χ0v) is 15.9. The van der Waals surface area contributed by atoms with E-state index in [9.17, 15) is 19.7 Å². The molecule has 152 valence electrons. The molecular weight excluding hydrogens is 364 g/mol. The second kappa shape index (κ2) is 11.1. The second-order valence-electron chi connectivity index (χ2n) is 6.65. The largest absolute Gasteiger partial charge is 0.462 e. The molecule has 1 saturated heterocycles. The van der Waals surface area contributed by atoms with E-state index in [0.29, 0.717) is 37.9 Å². The van der Waals surface area contributed by atoms with Crippen LogP contribution < -0.4 is 0 Å². The first-order valence-electron chi connectivity index (χ1n) is 9.45. The van der Waals surface area contributed by atoms with Gasteiger partial charge < -0.3 is 14.4 Å². The minimum absolute atomic E-state index is 0.0750. The molecule has 0 radical (unpaired) electrons. The monoisotopic (exact) mass is 390 g/mol. The van der Waals surface area contributed by atoms with E-state index in [2.05, 4.69) is 6.58 Å². The van der Waals surface area contributed by atoms with Gasteiger partial charge in [-0.05, 0) is 25.3 Å². The first-order valence-corrected chi connectivity index (χ1v) is 9.45. The molecule has 1 aromatic rings. The van der Waals surface area contributed by atoms with Crippen molar-refractivity contribution >= 4 is 17.7 Å². The van der Waals surface area contributed by atoms with Crippen LogP contribution in [0.4, 0.5) is 10.5 Å². The third kappa shape index (κ3) is 6.68. The normalized spacial score (nSPS) is 14.4. The molecule has 0 aliphatic carbocycles. The summed E-state index contributed by atoms with van der Waals surface area (Å²) in [4.78, 5) is 36.1. The van der Waals surface area contributed by atoms with Gasteiger partial charge in [0.25, 0.3) is 5.69 Å². The Morgan fingerprint density at radius 3 is 2.64 bits per heavy atom. The quantitative estimate of drug-likeness (QED) is 0.208. The third-order valence-electron chi connectivity index (χ3n) is 4.58. The molecule has 1 heterocycles. The van der Waals surface area contributed by atoms with Gasteiger partial charge in [-0.1, -0.05) is 18.2 Å². The number of amides is 1. The lowest BCUT2D eigenvalue weighted by Gasteiger charge is -2.31. The van der Waals surface area contributed by atoms with Gasteiger partial charge in [0.15, 0.2) is 0 Å². The Kier molecular flexibility index (Phi) is 8.45. The number of esters is 1. The van der Waals surface area contributed by atoms with Crippen LogP contribution in [0.25, 0.3) is 0 Å². The maximum atomic E-state index is 12.2. The van der Waals surface area contributed by atoms with Gasteiger partial charge in [0.05, 0.1) is 10.5 Å². The highest BCUT2D eigenvalue weighted by Crippen LogP contribution is 2.20. The highest BCUT2D eigenvalue weighted by molar-refractivity contribution is 5.70. The molecule has 8 nitrogen and oxygen atoms in total. The first kappa shape index (κ1) is 21.4. The number of rotatable bonds is 9. The summed E-state index contributed by atoms with van der Waals surface area (Å²) in [5, 5.41) is 11.0. The van der Waals surface area contributed by atoms with E-state index < -0.39 is 11.0 Å². The van der Waals surface area contributed by atoms with E-state index in [4.69, 9.17) is 9.47 Å². The van der Waals surface area contributed by atoms with Crippen molar-refractivity contribution in [3.63, 3.8) is 0 Å². The lowest BCUT2D eigenvalue weighted by atomic mass is 10.1. The van der Waals surface area contributed by atoms with Gasteiger partial charge in [-0.3, -0.25) is 14.9 Å². The maximum Gasteiger partial charge on any atom is 0.410 e. The summed E-state index contributed by atoms with van der Waals surface area (Å²) in [5.41, 5.74) is 0.273. The lowest BCUT2D eigenvalue weighted by Crippen LogP contribution is -2.41. The summed E-state index contributed by atoms with van der Waals surface area (Å²) in [6, 6.07) is 6.16. The van der Waals surface area contributed by atoms with Gasteiger partial charge in [0, 0.05) is 38.4 Å². The number of likely N-dealkylation sites (tertiary alicyclic amines) is 1. The number of nitro benzene ring substituents is 1. The zero-order chi connectivity index (χ0) is 20.4. The number of nitro groups is 1. The summed E-state index contributed by atoms with van der Waals surface area (Å²) in [5.74, 6) is -0.207. The molecule has 0 saturated carbocycles. The highest BCUT2D eigenvalue weighted by Gasteiger charge is 2.26. The van der Waals surface area contributed by atoms with Crippen molar-refractivity contribution in [2.45, 2.75) is 51.2 Å². The number of carbonyl (C=O) groups excluding carboxylic acids is 2. The van der Waals surface area contributed by atoms with Crippen molar-refractivity contribution < 1.29 is 24.0 Å². The van der Waals surface area contributed by atoms with Gasteiger partial charge in [-0.2, -0.15) is 0 Å². The van der Waals surface area contributed by atoms with Crippen LogP contribution in [0, 0.1) is 10.1 Å². The van der Waals surface area contributed by atoms with Crippen LogP contribution >= 0.6 is 0 Å². The number of para-hydroxylation sites is 1. The molecule has 28 heavy (non-hydrogen) atoms. The molecule has 1 aromatic carbocycles. The van der Waals surface area contributed by atoms with Gasteiger partial charge in [-0.25, -0.2) is 4.79 Å². The average molecular weight is 390 g/mol. The Morgan fingerprint density at radius 2 is 1.96 bits per heavy atom. The topological polar surface area (TPSA) is 99.0 Å². The predicted molar refractivity (Wildman–Crippen MR) is 103 cm³/mol. The van der Waals surface area contributed by atoms with E-state index in [1.165, 1.54) is 11.0 Å². The molecular formula is C20H26N2O6. The first-order chi connectivity index (χ1) is 13.5. The number of piperidine rings is 1. The molecule has 8 heteroatoms. The van der Waals surface area contributed by atoms with Crippen LogP contribution in [0.3, 0.4) is 0 Å². The standard InChI is InChI=1S/C20H26N2O6/c1-2-3-4-5-10-19(23)28-17-11-13-21(14-12-17)20(24)27-15-16-8-6-7-9-18(16)22(25)26/h2,6-9,17H,1,3-5,10-15H2. The molecule has 0 atom stereocenters. The van der Waals surface area contributed by atoms with Crippen LogP contribution in [-0.4, -0.2) is 41.1 Å². The van der Waals surface area contributed by atoms with Crippen molar-refractivity contribution in [3.05, 3.63) is 52.6 Å². The van der Waals surface area contributed by atoms with Crippen LogP contribution in [0.5, 0.6) is 0 Å². The fourth-order valence-electron chi connectivity index (χ4n) is 3.00. The Bertz CT molecular complexity index is 698. The Labute approximate surface area is 164 Å². The van der Waals surface area contributed by atoms with E-state index >= 15 is 0 Å². The minimum atomic E-state index is -0.521. The molecule has 1 amide bonds. The molecule has 0 N–H and O–H groups in total. The van der Waals surface area contributed by atoms with Crippen LogP contribution in [0.1, 0.15) is 44.1 Å². The number of ether oxygens (including phenoxy) is 2. The van der Waals surface area contributed by atoms with Crippen LogP contribution in [-0.2, 0) is 20.9 Å². The number of allylic oxidation sites excluding steroid dienone is 1. The number of carbonyl (C=O) groups is 2. The van der Waals surface area contributed by atoms with Crippen molar-refractivity contribution in [1.29, 1.82) is 0 Å². The fraction of sp³-hybridized carbons (Fsp3) is 0.500. The molecule has 1 fully saturated rings. The summed E-state index contributed by atoms with van der Waals surface area (Å²) < 4.78 is 10.7. The third-order valence-corrected chi connectivity index (χ3v) is 4.58. The van der Waals surface area contributed by atoms with E-state index in [0.717, 1.165) is 19.3 Å². The van der Waals surface area contributed by atoms with Crippen molar-refractivity contribution in [1.82, 2.24) is 4.90 Å². The maximum absolute atomic E-state index is 12.2. The number of hydrogen-bond donors (Lipinski definition) is 0. The summed E-state index contributed by atoms with van der Waals surface area (Å²) in [6.07, 6.45) is 5.21. The van der Waals surface area contributed by atoms with Gasteiger partial charge in [0.2, 0.25) is 0 Å². The molecule has 1 aliphatic rings. The molecule has 0 aromatic heterocycles. The SMILES string of the molecule is C=CCCCCC(=O)OC1CCN(C(=O)OCc2ccccc2[N+](=O)[O-])CC1. The van der Waals surface area contributed by atoms with E-state index in [1.807, 2.05) is 6.08 Å². The van der Waals surface area contributed by atoms with E-state index in [1.54, 1.807) is 18.2 Å². The number of benzene rings is 1. The highest BCUT2D eigenvalue weighted by atomic mass is 16.6. The Morgan fingerprint density at radius 1 is 1.25 bits per heavy atom. The minimum Gasteiger partial charge on any atom is -0.462 e. The van der Waals surface area contributed by atoms with Crippen LogP contribution in [0.2, 0.25) is 0 Å². The molecule has 1 aliphatic heterocycles. The Balaban J connectivity index is 1.71. The van der Waals surface area contributed by atoms with Crippen LogP contribution in [0.15, 0.2) is 36.9 Å².